The van der Waals surface area contributed by atoms with Gasteiger partial charge in [0.05, 0.1) is 28.2 Å². The highest BCUT2D eigenvalue weighted by Crippen LogP contribution is 2.35. The fourth-order valence-corrected chi connectivity index (χ4v) is 5.68. The summed E-state index contributed by atoms with van der Waals surface area (Å²) in [4.78, 5) is 15.0. The van der Waals surface area contributed by atoms with Crippen LogP contribution in [0.3, 0.4) is 0 Å². The molecule has 8 rings (SSSR count). The van der Waals surface area contributed by atoms with Crippen molar-refractivity contribution in [1.29, 1.82) is 5.26 Å². The maximum Gasteiger partial charge on any atom is 0.163 e. The topological polar surface area (TPSA) is 72.3 Å². The summed E-state index contributed by atoms with van der Waals surface area (Å²) in [5.74, 6) is 2.09. The van der Waals surface area contributed by atoms with E-state index in [0.717, 1.165) is 44.4 Å². The number of aromatic nitrogens is 5. The molecule has 6 nitrogen and oxygen atoms in total. The minimum Gasteiger partial charge on any atom is -0.294 e. The molecule has 4 heterocycles. The predicted molar refractivity (Wildman–Crippen MR) is 159 cm³/mol. The fourth-order valence-electron chi connectivity index (χ4n) is 5.68. The van der Waals surface area contributed by atoms with Crippen LogP contribution in [0.25, 0.3) is 66.8 Å². The summed E-state index contributed by atoms with van der Waals surface area (Å²) in [6.07, 6.45) is 1.79. The van der Waals surface area contributed by atoms with E-state index in [4.69, 9.17) is 15.0 Å². The molecule has 40 heavy (non-hydrogen) atoms. The first-order chi connectivity index (χ1) is 19.8. The van der Waals surface area contributed by atoms with Gasteiger partial charge in [-0.25, -0.2) is 15.0 Å². The lowest BCUT2D eigenvalue weighted by Gasteiger charge is -2.13. The van der Waals surface area contributed by atoms with E-state index >= 15 is 0 Å². The number of hydrogen-bond donors (Lipinski definition) is 0. The van der Waals surface area contributed by atoms with E-state index in [2.05, 4.69) is 63.7 Å². The summed E-state index contributed by atoms with van der Waals surface area (Å²) >= 11 is 0. The SMILES string of the molecule is N#Cc1ccc2c(c1)c1cccnc1n2-c1cc(-n2c3ccccc3c3ccccc32)nc(-c2ccccc2)n1. The first kappa shape index (κ1) is 22.2. The van der Waals surface area contributed by atoms with Crippen LogP contribution >= 0.6 is 0 Å². The number of nitriles is 1. The Kier molecular flexibility index (Phi) is 4.78. The second kappa shape index (κ2) is 8.62. The first-order valence-electron chi connectivity index (χ1n) is 13.0. The van der Waals surface area contributed by atoms with Gasteiger partial charge in [-0.1, -0.05) is 66.7 Å². The van der Waals surface area contributed by atoms with E-state index in [1.165, 1.54) is 10.8 Å². The van der Waals surface area contributed by atoms with Gasteiger partial charge in [-0.05, 0) is 42.5 Å². The van der Waals surface area contributed by atoms with Crippen molar-refractivity contribution in [2.45, 2.75) is 0 Å². The number of para-hydroxylation sites is 2. The van der Waals surface area contributed by atoms with Crippen molar-refractivity contribution in [3.05, 3.63) is 127 Å². The van der Waals surface area contributed by atoms with Crippen molar-refractivity contribution in [2.24, 2.45) is 0 Å². The number of rotatable bonds is 3. The Balaban J connectivity index is 1.50. The van der Waals surface area contributed by atoms with Gasteiger partial charge in [0.25, 0.3) is 0 Å². The van der Waals surface area contributed by atoms with Gasteiger partial charge < -0.3 is 0 Å². The third kappa shape index (κ3) is 3.25. The molecule has 4 aromatic carbocycles. The second-order valence-corrected chi connectivity index (χ2v) is 9.70. The minimum atomic E-state index is 0.606. The Bertz CT molecular complexity index is 2230. The molecule has 0 aliphatic heterocycles. The highest BCUT2D eigenvalue weighted by molar-refractivity contribution is 6.10. The largest absolute Gasteiger partial charge is 0.294 e. The van der Waals surface area contributed by atoms with Gasteiger partial charge >= 0.3 is 0 Å². The first-order valence-corrected chi connectivity index (χ1v) is 13.0. The zero-order valence-corrected chi connectivity index (χ0v) is 21.2. The predicted octanol–water partition coefficient (Wildman–Crippen LogP) is 7.60. The number of benzene rings is 4. The summed E-state index contributed by atoms with van der Waals surface area (Å²) < 4.78 is 4.27. The third-order valence-electron chi connectivity index (χ3n) is 7.42. The van der Waals surface area contributed by atoms with E-state index in [1.807, 2.05) is 66.7 Å². The molecular weight excluding hydrogens is 492 g/mol. The van der Waals surface area contributed by atoms with Gasteiger partial charge in [0.15, 0.2) is 5.82 Å². The third-order valence-corrected chi connectivity index (χ3v) is 7.42. The molecule has 6 heteroatoms. The van der Waals surface area contributed by atoms with Crippen LogP contribution in [-0.2, 0) is 0 Å². The van der Waals surface area contributed by atoms with Crippen LogP contribution in [0.2, 0.25) is 0 Å². The Labute approximate surface area is 229 Å². The smallest absolute Gasteiger partial charge is 0.163 e. The summed E-state index contributed by atoms with van der Waals surface area (Å²) in [5, 5.41) is 13.8. The summed E-state index contributed by atoms with van der Waals surface area (Å²) in [6, 6.07) is 40.8. The molecule has 0 spiro atoms. The van der Waals surface area contributed by atoms with Gasteiger partial charge in [0.1, 0.15) is 17.3 Å². The van der Waals surface area contributed by atoms with Crippen molar-refractivity contribution in [2.75, 3.05) is 0 Å². The summed E-state index contributed by atoms with van der Waals surface area (Å²) in [5.41, 5.74) is 5.38. The molecule has 0 bridgehead atoms. The van der Waals surface area contributed by atoms with Gasteiger partial charge in [0.2, 0.25) is 0 Å². The fraction of sp³-hybridized carbons (Fsp3) is 0. The summed E-state index contributed by atoms with van der Waals surface area (Å²) in [6.45, 7) is 0. The highest BCUT2D eigenvalue weighted by Gasteiger charge is 2.19. The molecule has 0 aliphatic carbocycles. The minimum absolute atomic E-state index is 0.606. The molecule has 0 radical (unpaired) electrons. The Morgan fingerprint density at radius 2 is 1.18 bits per heavy atom. The zero-order chi connectivity index (χ0) is 26.6. The van der Waals surface area contributed by atoms with E-state index in [1.54, 1.807) is 6.20 Å². The Morgan fingerprint density at radius 1 is 0.550 bits per heavy atom. The molecule has 186 valence electrons. The average Bonchev–Trinajstić information content (AvgIpc) is 3.54. The molecule has 4 aromatic heterocycles. The Morgan fingerprint density at radius 3 is 1.90 bits per heavy atom. The molecule has 0 N–H and O–H groups in total. The van der Waals surface area contributed by atoms with E-state index in [-0.39, 0.29) is 0 Å². The van der Waals surface area contributed by atoms with Crippen LogP contribution in [-0.4, -0.2) is 24.1 Å². The van der Waals surface area contributed by atoms with E-state index in [9.17, 15) is 5.26 Å². The normalized spacial score (nSPS) is 11.5. The number of pyridine rings is 1. The maximum absolute atomic E-state index is 9.57. The van der Waals surface area contributed by atoms with Gasteiger partial charge in [-0.15, -0.1) is 0 Å². The molecule has 0 saturated carbocycles. The number of hydrogen-bond acceptors (Lipinski definition) is 4. The number of fused-ring (bicyclic) bond motifs is 6. The van der Waals surface area contributed by atoms with Crippen LogP contribution in [0.5, 0.6) is 0 Å². The summed E-state index contributed by atoms with van der Waals surface area (Å²) in [7, 11) is 0. The van der Waals surface area contributed by atoms with Crippen LogP contribution in [0, 0.1) is 11.3 Å². The zero-order valence-electron chi connectivity index (χ0n) is 21.2. The molecule has 0 fully saturated rings. The molecule has 0 saturated heterocycles. The molecule has 0 aliphatic rings. The Hall–Kier alpha value is -5.80. The number of nitrogens with zero attached hydrogens (tertiary/aromatic N) is 6. The van der Waals surface area contributed by atoms with Crippen molar-refractivity contribution >= 4 is 43.7 Å². The van der Waals surface area contributed by atoms with E-state index in [0.29, 0.717) is 17.2 Å². The van der Waals surface area contributed by atoms with Crippen LogP contribution in [0.15, 0.2) is 121 Å². The molecule has 0 amide bonds. The van der Waals surface area contributed by atoms with Crippen LogP contribution in [0.1, 0.15) is 5.56 Å². The van der Waals surface area contributed by atoms with Gasteiger partial charge in [-0.2, -0.15) is 5.26 Å². The molecule has 0 atom stereocenters. The van der Waals surface area contributed by atoms with Crippen LogP contribution < -0.4 is 0 Å². The van der Waals surface area contributed by atoms with Crippen molar-refractivity contribution < 1.29 is 0 Å². The quantitative estimate of drug-likeness (QED) is 0.244. The monoisotopic (exact) mass is 512 g/mol. The van der Waals surface area contributed by atoms with Gasteiger partial charge in [-0.3, -0.25) is 9.13 Å². The molecular formula is C34H20N6. The van der Waals surface area contributed by atoms with Crippen molar-refractivity contribution in [3.63, 3.8) is 0 Å². The standard InChI is InChI=1S/C34H20N6/c35-21-22-16-17-30-27(19-22)26-13-8-18-36-34(26)40(30)32-20-31(37-33(38-32)23-9-2-1-3-10-23)39-28-14-6-4-11-24(28)25-12-5-7-15-29(25)39/h1-20H. The molecule has 0 unspecified atom stereocenters. The molecule has 8 aromatic rings. The average molecular weight is 513 g/mol. The van der Waals surface area contributed by atoms with Crippen molar-refractivity contribution in [3.8, 4) is 29.1 Å². The lowest BCUT2D eigenvalue weighted by molar-refractivity contribution is 0.986. The lowest BCUT2D eigenvalue weighted by atomic mass is 10.1. The van der Waals surface area contributed by atoms with Gasteiger partial charge in [0, 0.05) is 39.4 Å². The maximum atomic E-state index is 9.57. The van der Waals surface area contributed by atoms with Crippen molar-refractivity contribution in [1.82, 2.24) is 24.1 Å². The highest BCUT2D eigenvalue weighted by atomic mass is 15.2. The van der Waals surface area contributed by atoms with Crippen LogP contribution in [0.4, 0.5) is 0 Å². The van der Waals surface area contributed by atoms with E-state index < -0.39 is 0 Å². The second-order valence-electron chi connectivity index (χ2n) is 9.70. The lowest BCUT2D eigenvalue weighted by Crippen LogP contribution is -2.06.